The molecule has 4 heteroatoms. The highest BCUT2D eigenvalue weighted by Gasteiger charge is 2.13. The minimum Gasteiger partial charge on any atom is -0.494 e. The van der Waals surface area contributed by atoms with Gasteiger partial charge in [0, 0.05) is 12.1 Å². The molecule has 1 aromatic carbocycles. The number of benzene rings is 1. The molecule has 0 amide bonds. The number of aliphatic hydroxyl groups excluding tert-OH is 1. The number of halogens is 1. The fraction of sp³-hybridized carbons (Fsp3) is 0.538. The highest BCUT2D eigenvalue weighted by Crippen LogP contribution is 2.22. The second-order valence-electron chi connectivity index (χ2n) is 4.07. The number of ether oxygens (including phenoxy) is 1. The molecule has 17 heavy (non-hydrogen) atoms. The Bertz CT molecular complexity index is 353. The van der Waals surface area contributed by atoms with Crippen molar-refractivity contribution in [3.8, 4) is 5.75 Å². The molecule has 1 aromatic rings. The second kappa shape index (κ2) is 6.57. The fourth-order valence-electron chi connectivity index (χ4n) is 1.70. The zero-order valence-electron chi connectivity index (χ0n) is 10.5. The van der Waals surface area contributed by atoms with Gasteiger partial charge in [0.1, 0.15) is 0 Å². The molecule has 2 atom stereocenters. The van der Waals surface area contributed by atoms with E-state index in [0.29, 0.717) is 0 Å². The van der Waals surface area contributed by atoms with Crippen LogP contribution in [-0.4, -0.2) is 24.9 Å². The summed E-state index contributed by atoms with van der Waals surface area (Å²) in [7, 11) is 1.44. The summed E-state index contributed by atoms with van der Waals surface area (Å²) in [6.07, 6.45) is 0.833. The Kier molecular flexibility index (Phi) is 5.38. The van der Waals surface area contributed by atoms with Crippen LogP contribution in [0.5, 0.6) is 5.75 Å². The normalized spacial score (nSPS) is 14.4. The van der Waals surface area contributed by atoms with Crippen molar-refractivity contribution in [2.45, 2.75) is 32.4 Å². The minimum absolute atomic E-state index is 0.00694. The van der Waals surface area contributed by atoms with E-state index >= 15 is 0 Å². The number of rotatable bonds is 6. The zero-order chi connectivity index (χ0) is 12.8. The molecule has 0 aliphatic carbocycles. The van der Waals surface area contributed by atoms with Crippen LogP contribution in [0.2, 0.25) is 0 Å². The molecular weight excluding hydrogens is 221 g/mol. The van der Waals surface area contributed by atoms with Crippen LogP contribution in [0, 0.1) is 5.82 Å². The van der Waals surface area contributed by atoms with E-state index in [4.69, 9.17) is 9.84 Å². The topological polar surface area (TPSA) is 41.5 Å². The SMILES string of the molecule is CC[C@H](CO)NC(C)c1ccc(OC)c(F)c1. The Labute approximate surface area is 102 Å². The van der Waals surface area contributed by atoms with Crippen LogP contribution in [0.15, 0.2) is 18.2 Å². The van der Waals surface area contributed by atoms with E-state index in [9.17, 15) is 4.39 Å². The van der Waals surface area contributed by atoms with Gasteiger partial charge in [-0.15, -0.1) is 0 Å². The smallest absolute Gasteiger partial charge is 0.165 e. The van der Waals surface area contributed by atoms with Gasteiger partial charge in [-0.05, 0) is 31.0 Å². The summed E-state index contributed by atoms with van der Waals surface area (Å²) in [5, 5.41) is 12.3. The lowest BCUT2D eigenvalue weighted by atomic mass is 10.1. The van der Waals surface area contributed by atoms with Crippen molar-refractivity contribution in [3.63, 3.8) is 0 Å². The van der Waals surface area contributed by atoms with E-state index in [2.05, 4.69) is 5.32 Å². The third kappa shape index (κ3) is 3.68. The highest BCUT2D eigenvalue weighted by molar-refractivity contribution is 5.30. The van der Waals surface area contributed by atoms with Crippen molar-refractivity contribution < 1.29 is 14.2 Å². The number of aliphatic hydroxyl groups is 1. The molecule has 0 saturated heterocycles. The molecule has 96 valence electrons. The van der Waals surface area contributed by atoms with Crippen LogP contribution in [0.1, 0.15) is 31.9 Å². The molecule has 0 aromatic heterocycles. The zero-order valence-corrected chi connectivity index (χ0v) is 10.5. The van der Waals surface area contributed by atoms with Gasteiger partial charge in [-0.2, -0.15) is 0 Å². The predicted molar refractivity (Wildman–Crippen MR) is 65.7 cm³/mol. The maximum absolute atomic E-state index is 13.5. The largest absolute Gasteiger partial charge is 0.494 e. The van der Waals surface area contributed by atoms with Gasteiger partial charge in [-0.3, -0.25) is 0 Å². The summed E-state index contributed by atoms with van der Waals surface area (Å²) < 4.78 is 18.4. The molecule has 0 fully saturated rings. The third-order valence-corrected chi connectivity index (χ3v) is 2.87. The van der Waals surface area contributed by atoms with Gasteiger partial charge in [-0.25, -0.2) is 4.39 Å². The van der Waals surface area contributed by atoms with Crippen LogP contribution < -0.4 is 10.1 Å². The lowest BCUT2D eigenvalue weighted by Crippen LogP contribution is -2.33. The molecule has 0 bridgehead atoms. The maximum atomic E-state index is 13.5. The van der Waals surface area contributed by atoms with E-state index in [1.54, 1.807) is 6.07 Å². The van der Waals surface area contributed by atoms with Gasteiger partial charge < -0.3 is 15.2 Å². The summed E-state index contributed by atoms with van der Waals surface area (Å²) in [6.45, 7) is 4.02. The Balaban J connectivity index is 2.75. The fourth-order valence-corrected chi connectivity index (χ4v) is 1.70. The van der Waals surface area contributed by atoms with E-state index in [-0.39, 0.29) is 30.3 Å². The van der Waals surface area contributed by atoms with Gasteiger partial charge in [0.2, 0.25) is 0 Å². The summed E-state index contributed by atoms with van der Waals surface area (Å²) in [4.78, 5) is 0. The first-order valence-electron chi connectivity index (χ1n) is 5.82. The molecule has 0 saturated carbocycles. The summed E-state index contributed by atoms with van der Waals surface area (Å²) >= 11 is 0. The average molecular weight is 241 g/mol. The Morgan fingerprint density at radius 3 is 2.65 bits per heavy atom. The summed E-state index contributed by atoms with van der Waals surface area (Å²) in [5.41, 5.74) is 0.843. The number of hydrogen-bond acceptors (Lipinski definition) is 3. The Morgan fingerprint density at radius 1 is 1.47 bits per heavy atom. The van der Waals surface area contributed by atoms with Crippen LogP contribution in [0.25, 0.3) is 0 Å². The minimum atomic E-state index is -0.365. The van der Waals surface area contributed by atoms with E-state index < -0.39 is 0 Å². The molecular formula is C13H20FNO2. The monoisotopic (exact) mass is 241 g/mol. The van der Waals surface area contributed by atoms with Gasteiger partial charge in [0.25, 0.3) is 0 Å². The van der Waals surface area contributed by atoms with Crippen molar-refractivity contribution in [2.24, 2.45) is 0 Å². The van der Waals surface area contributed by atoms with Crippen molar-refractivity contribution in [1.29, 1.82) is 0 Å². The molecule has 3 nitrogen and oxygen atoms in total. The molecule has 0 radical (unpaired) electrons. The number of nitrogens with one attached hydrogen (secondary N) is 1. The van der Waals surface area contributed by atoms with Crippen LogP contribution in [0.4, 0.5) is 4.39 Å². The first-order chi connectivity index (χ1) is 8.12. The Hall–Kier alpha value is -1.13. The van der Waals surface area contributed by atoms with Crippen molar-refractivity contribution in [2.75, 3.05) is 13.7 Å². The summed E-state index contributed by atoms with van der Waals surface area (Å²) in [6, 6.07) is 4.93. The highest BCUT2D eigenvalue weighted by atomic mass is 19.1. The lowest BCUT2D eigenvalue weighted by molar-refractivity contribution is 0.230. The molecule has 0 spiro atoms. The van der Waals surface area contributed by atoms with Gasteiger partial charge in [0.15, 0.2) is 11.6 Å². The van der Waals surface area contributed by atoms with Crippen LogP contribution >= 0.6 is 0 Å². The molecule has 1 rings (SSSR count). The average Bonchev–Trinajstić information content (AvgIpc) is 2.35. The molecule has 0 aliphatic rings. The van der Waals surface area contributed by atoms with E-state index in [1.165, 1.54) is 13.2 Å². The molecule has 0 heterocycles. The van der Waals surface area contributed by atoms with Crippen LogP contribution in [0.3, 0.4) is 0 Å². The number of methoxy groups -OCH3 is 1. The summed E-state index contributed by atoms with van der Waals surface area (Å²) in [5.74, 6) is -0.120. The first kappa shape index (κ1) is 13.9. The van der Waals surface area contributed by atoms with Gasteiger partial charge >= 0.3 is 0 Å². The standard InChI is InChI=1S/C13H20FNO2/c1-4-11(8-16)15-9(2)10-5-6-13(17-3)12(14)7-10/h5-7,9,11,15-16H,4,8H2,1-3H3/t9?,11-/m1/s1. The van der Waals surface area contributed by atoms with Gasteiger partial charge in [0.05, 0.1) is 13.7 Å². The quantitative estimate of drug-likeness (QED) is 0.802. The first-order valence-corrected chi connectivity index (χ1v) is 5.82. The van der Waals surface area contributed by atoms with E-state index in [1.807, 2.05) is 19.9 Å². The predicted octanol–water partition coefficient (Wildman–Crippen LogP) is 2.26. The number of hydrogen-bond donors (Lipinski definition) is 2. The lowest BCUT2D eigenvalue weighted by Gasteiger charge is -2.21. The molecule has 2 N–H and O–H groups in total. The van der Waals surface area contributed by atoms with Gasteiger partial charge in [-0.1, -0.05) is 13.0 Å². The third-order valence-electron chi connectivity index (χ3n) is 2.87. The van der Waals surface area contributed by atoms with Crippen molar-refractivity contribution in [3.05, 3.63) is 29.6 Å². The second-order valence-corrected chi connectivity index (χ2v) is 4.07. The van der Waals surface area contributed by atoms with Crippen molar-refractivity contribution >= 4 is 0 Å². The van der Waals surface area contributed by atoms with Crippen LogP contribution in [-0.2, 0) is 0 Å². The Morgan fingerprint density at radius 2 is 2.18 bits per heavy atom. The van der Waals surface area contributed by atoms with Crippen molar-refractivity contribution in [1.82, 2.24) is 5.32 Å². The maximum Gasteiger partial charge on any atom is 0.165 e. The molecule has 0 aliphatic heterocycles. The molecule has 1 unspecified atom stereocenters. The van der Waals surface area contributed by atoms with E-state index in [0.717, 1.165) is 12.0 Å².